The molecule has 1 aliphatic heterocycles. The number of carbonyl (C=O) groups excluding carboxylic acids is 2. The van der Waals surface area contributed by atoms with E-state index in [1.165, 1.54) is 5.56 Å². The maximum Gasteiger partial charge on any atom is 0.259 e. The molecule has 1 N–H and O–H groups in total. The SMILES string of the molecule is O=C1NC(=O)C(c2cn(CCCS)c3ccccc23)=C1C1=CCc2ccccc21. The minimum Gasteiger partial charge on any atom is -0.347 e. The van der Waals surface area contributed by atoms with Crippen LogP contribution in [0.25, 0.3) is 22.0 Å². The number of fused-ring (bicyclic) bond motifs is 2. The molecule has 0 saturated heterocycles. The number of thiol groups is 1. The Hall–Kier alpha value is -3.05. The highest BCUT2D eigenvalue weighted by atomic mass is 32.1. The van der Waals surface area contributed by atoms with Gasteiger partial charge in [0.05, 0.1) is 11.1 Å². The van der Waals surface area contributed by atoms with Crippen molar-refractivity contribution in [3.05, 3.63) is 83.1 Å². The lowest BCUT2D eigenvalue weighted by Crippen LogP contribution is -2.23. The van der Waals surface area contributed by atoms with E-state index in [0.717, 1.165) is 52.7 Å². The molecule has 2 aliphatic rings. The normalized spacial score (nSPS) is 15.8. The fourth-order valence-corrected chi connectivity index (χ4v) is 4.50. The lowest BCUT2D eigenvalue weighted by atomic mass is 9.93. The average molecular weight is 401 g/mol. The Balaban J connectivity index is 1.74. The van der Waals surface area contributed by atoms with Gasteiger partial charge in [0.15, 0.2) is 0 Å². The summed E-state index contributed by atoms with van der Waals surface area (Å²) in [4.78, 5) is 25.7. The first kappa shape index (κ1) is 18.0. The van der Waals surface area contributed by atoms with Crippen LogP contribution in [0.2, 0.25) is 0 Å². The van der Waals surface area contributed by atoms with Crippen LogP contribution >= 0.6 is 12.6 Å². The number of allylic oxidation sites excluding steroid dienone is 1. The zero-order valence-corrected chi connectivity index (χ0v) is 16.7. The first-order valence-corrected chi connectivity index (χ1v) is 10.4. The van der Waals surface area contributed by atoms with Crippen LogP contribution in [0.15, 0.2) is 66.4 Å². The number of amides is 2. The molecule has 144 valence electrons. The Morgan fingerprint density at radius 3 is 2.55 bits per heavy atom. The van der Waals surface area contributed by atoms with Crippen LogP contribution in [0.5, 0.6) is 0 Å². The summed E-state index contributed by atoms with van der Waals surface area (Å²) in [7, 11) is 0. The smallest absolute Gasteiger partial charge is 0.259 e. The number of imide groups is 1. The van der Waals surface area contributed by atoms with Gasteiger partial charge in [0.25, 0.3) is 11.8 Å². The van der Waals surface area contributed by atoms with Crippen molar-refractivity contribution >= 4 is 46.5 Å². The van der Waals surface area contributed by atoms with Crippen LogP contribution in [0.1, 0.15) is 23.1 Å². The fraction of sp³-hybridized carbons (Fsp3) is 0.167. The summed E-state index contributed by atoms with van der Waals surface area (Å²) in [5, 5.41) is 3.51. The maximum atomic E-state index is 12.9. The molecular formula is C24H20N2O2S. The summed E-state index contributed by atoms with van der Waals surface area (Å²) in [6, 6.07) is 16.1. The molecule has 4 nitrogen and oxygen atoms in total. The van der Waals surface area contributed by atoms with Gasteiger partial charge in [-0.3, -0.25) is 14.9 Å². The quantitative estimate of drug-likeness (QED) is 0.502. The second-order valence-corrected chi connectivity index (χ2v) is 7.79. The Morgan fingerprint density at radius 2 is 1.69 bits per heavy atom. The Labute approximate surface area is 174 Å². The summed E-state index contributed by atoms with van der Waals surface area (Å²) >= 11 is 4.33. The second kappa shape index (κ2) is 7.08. The van der Waals surface area contributed by atoms with Crippen LogP contribution in [-0.2, 0) is 22.6 Å². The molecule has 0 unspecified atom stereocenters. The van der Waals surface area contributed by atoms with Crippen LogP contribution in [-0.4, -0.2) is 22.1 Å². The third-order valence-corrected chi connectivity index (χ3v) is 5.97. The highest BCUT2D eigenvalue weighted by molar-refractivity contribution is 7.80. The van der Waals surface area contributed by atoms with Crippen molar-refractivity contribution in [1.29, 1.82) is 0 Å². The molecule has 1 aliphatic carbocycles. The third-order valence-electron chi connectivity index (χ3n) is 5.65. The molecular weight excluding hydrogens is 380 g/mol. The molecule has 0 fully saturated rings. The van der Waals surface area contributed by atoms with Gasteiger partial charge >= 0.3 is 0 Å². The molecule has 0 saturated carbocycles. The number of aryl methyl sites for hydroxylation is 1. The van der Waals surface area contributed by atoms with Gasteiger partial charge in [-0.25, -0.2) is 0 Å². The number of aromatic nitrogens is 1. The number of para-hydroxylation sites is 1. The highest BCUT2D eigenvalue weighted by Crippen LogP contribution is 2.40. The minimum atomic E-state index is -0.327. The van der Waals surface area contributed by atoms with Gasteiger partial charge in [-0.15, -0.1) is 0 Å². The van der Waals surface area contributed by atoms with Gasteiger partial charge in [0, 0.05) is 29.2 Å². The largest absolute Gasteiger partial charge is 0.347 e. The van der Waals surface area contributed by atoms with Gasteiger partial charge in [-0.2, -0.15) is 12.6 Å². The topological polar surface area (TPSA) is 51.1 Å². The minimum absolute atomic E-state index is 0.319. The number of hydrogen-bond donors (Lipinski definition) is 2. The van der Waals surface area contributed by atoms with Crippen molar-refractivity contribution in [3.63, 3.8) is 0 Å². The molecule has 29 heavy (non-hydrogen) atoms. The van der Waals surface area contributed by atoms with E-state index in [-0.39, 0.29) is 11.8 Å². The molecule has 2 heterocycles. The number of rotatable bonds is 5. The molecule has 2 amide bonds. The van der Waals surface area contributed by atoms with Crippen LogP contribution < -0.4 is 5.32 Å². The summed E-state index contributed by atoms with van der Waals surface area (Å²) in [6.07, 6.45) is 5.76. The fourth-order valence-electron chi connectivity index (χ4n) is 4.36. The zero-order chi connectivity index (χ0) is 20.0. The van der Waals surface area contributed by atoms with E-state index in [1.54, 1.807) is 0 Å². The van der Waals surface area contributed by atoms with Crippen molar-refractivity contribution in [3.8, 4) is 0 Å². The van der Waals surface area contributed by atoms with Crippen LogP contribution in [0.3, 0.4) is 0 Å². The van der Waals surface area contributed by atoms with E-state index in [2.05, 4.69) is 40.7 Å². The summed E-state index contributed by atoms with van der Waals surface area (Å²) in [6.45, 7) is 0.813. The van der Waals surface area contributed by atoms with Crippen molar-refractivity contribution in [2.45, 2.75) is 19.4 Å². The van der Waals surface area contributed by atoms with Gasteiger partial charge in [0.1, 0.15) is 0 Å². The Morgan fingerprint density at radius 1 is 0.931 bits per heavy atom. The standard InChI is InChI=1S/C24H20N2O2S/c27-23-21(18-11-10-15-6-1-2-7-16(15)18)22(24(28)25-23)19-14-26(12-5-13-29)20-9-4-3-8-17(19)20/h1-4,6-9,11,14,29H,5,10,12-13H2,(H,25,27,28). The van der Waals surface area contributed by atoms with Gasteiger partial charge in [-0.05, 0) is 41.4 Å². The van der Waals surface area contributed by atoms with Crippen LogP contribution in [0.4, 0.5) is 0 Å². The Kier molecular flexibility index (Phi) is 4.40. The number of nitrogens with one attached hydrogen (secondary N) is 1. The first-order valence-electron chi connectivity index (χ1n) is 9.77. The molecule has 1 aromatic heterocycles. The molecule has 3 aromatic rings. The predicted octanol–water partition coefficient (Wildman–Crippen LogP) is 4.01. The zero-order valence-electron chi connectivity index (χ0n) is 15.8. The maximum absolute atomic E-state index is 12.9. The van der Waals surface area contributed by atoms with E-state index < -0.39 is 0 Å². The summed E-state index contributed by atoms with van der Waals surface area (Å²) in [5.41, 5.74) is 5.89. The van der Waals surface area contributed by atoms with Crippen molar-refractivity contribution in [2.75, 3.05) is 5.75 Å². The number of hydrogen-bond acceptors (Lipinski definition) is 3. The van der Waals surface area contributed by atoms with Crippen molar-refractivity contribution in [1.82, 2.24) is 9.88 Å². The third kappa shape index (κ3) is 2.85. The summed E-state index contributed by atoms with van der Waals surface area (Å²) < 4.78 is 2.15. The lowest BCUT2D eigenvalue weighted by molar-refractivity contribution is -0.123. The Bertz CT molecular complexity index is 1230. The van der Waals surface area contributed by atoms with Gasteiger partial charge in [0.2, 0.25) is 0 Å². The first-order chi connectivity index (χ1) is 14.2. The lowest BCUT2D eigenvalue weighted by Gasteiger charge is -2.07. The van der Waals surface area contributed by atoms with Gasteiger partial charge in [-0.1, -0.05) is 48.5 Å². The number of carbonyl (C=O) groups is 2. The number of benzene rings is 2. The van der Waals surface area contributed by atoms with E-state index >= 15 is 0 Å². The predicted molar refractivity (Wildman–Crippen MR) is 119 cm³/mol. The highest BCUT2D eigenvalue weighted by Gasteiger charge is 2.36. The van der Waals surface area contributed by atoms with Crippen molar-refractivity contribution < 1.29 is 9.59 Å². The van der Waals surface area contributed by atoms with Crippen molar-refractivity contribution in [2.24, 2.45) is 0 Å². The second-order valence-electron chi connectivity index (χ2n) is 7.34. The molecule has 0 spiro atoms. The molecule has 5 heteroatoms. The monoisotopic (exact) mass is 400 g/mol. The number of nitrogens with zero attached hydrogens (tertiary/aromatic N) is 1. The molecule has 0 radical (unpaired) electrons. The van der Waals surface area contributed by atoms with Crippen LogP contribution in [0, 0.1) is 0 Å². The molecule has 0 bridgehead atoms. The van der Waals surface area contributed by atoms with E-state index in [4.69, 9.17) is 0 Å². The van der Waals surface area contributed by atoms with E-state index in [1.807, 2.05) is 42.6 Å². The van der Waals surface area contributed by atoms with E-state index in [0.29, 0.717) is 11.1 Å². The summed E-state index contributed by atoms with van der Waals surface area (Å²) in [5.74, 6) is 0.144. The molecule has 2 aromatic carbocycles. The molecule has 5 rings (SSSR count). The molecule has 0 atom stereocenters. The van der Waals surface area contributed by atoms with E-state index in [9.17, 15) is 9.59 Å². The average Bonchev–Trinajstić information content (AvgIpc) is 3.39. The van der Waals surface area contributed by atoms with Gasteiger partial charge < -0.3 is 4.57 Å².